The summed E-state index contributed by atoms with van der Waals surface area (Å²) in [7, 11) is 0. The Morgan fingerprint density at radius 3 is 1.81 bits per heavy atom. The van der Waals surface area contributed by atoms with Crippen LogP contribution in [0.1, 0.15) is 18.4 Å². The molecular weight excluding hydrogens is 653 g/mol. The second-order valence-electron chi connectivity index (χ2n) is 15.2. The van der Waals surface area contributed by atoms with Gasteiger partial charge in [0.05, 0.1) is 21.9 Å². The van der Waals surface area contributed by atoms with Gasteiger partial charge in [0.1, 0.15) is 0 Å². The molecule has 254 valence electrons. The van der Waals surface area contributed by atoms with Crippen LogP contribution in [0.15, 0.2) is 170 Å². The van der Waals surface area contributed by atoms with Crippen molar-refractivity contribution < 1.29 is 0 Å². The molecule has 2 nitrogen and oxygen atoms in total. The zero-order valence-corrected chi connectivity index (χ0v) is 29.8. The van der Waals surface area contributed by atoms with Crippen molar-refractivity contribution in [2.45, 2.75) is 12.8 Å². The Labute approximate surface area is 313 Å². The monoisotopic (exact) mass is 688 g/mol. The van der Waals surface area contributed by atoms with E-state index < -0.39 is 0 Å². The van der Waals surface area contributed by atoms with E-state index in [0.29, 0.717) is 5.92 Å². The summed E-state index contributed by atoms with van der Waals surface area (Å²) in [6.07, 6.45) is 16.7. The van der Waals surface area contributed by atoms with E-state index in [1.165, 1.54) is 105 Å². The molecule has 0 bridgehead atoms. The van der Waals surface area contributed by atoms with Gasteiger partial charge in [-0.3, -0.25) is 0 Å². The maximum atomic E-state index is 2.51. The standard InChI is InChI=1S/C52H36N2/c1-2-12-37(13-3-1)53-47-20-10-9-15-40(47)42-28-24-35(32-50(42)53)52-45-18-6-4-16-43(45)51(44-17-5-7-19-46(44)52)33-23-27-41-39-14-8-11-21-48(39)54(49(41)29-25-33)38-26-22-34-30-36(34)31-38/h1-24,26-29,31-32,34,36H,25,30H2. The fraction of sp³-hybridized carbons (Fsp3) is 0.0769. The number of fused-ring (bicyclic) bond motifs is 9. The quantitative estimate of drug-likeness (QED) is 0.163. The van der Waals surface area contributed by atoms with Gasteiger partial charge in [-0.15, -0.1) is 0 Å². The Balaban J connectivity index is 1.09. The van der Waals surface area contributed by atoms with Crippen molar-refractivity contribution in [1.82, 2.24) is 9.13 Å². The van der Waals surface area contributed by atoms with Gasteiger partial charge in [0.15, 0.2) is 0 Å². The lowest BCUT2D eigenvalue weighted by atomic mass is 9.85. The first kappa shape index (κ1) is 29.9. The molecule has 2 aromatic heterocycles. The summed E-state index contributed by atoms with van der Waals surface area (Å²) in [5, 5.41) is 11.6. The molecular formula is C52H36N2. The van der Waals surface area contributed by atoms with E-state index in [-0.39, 0.29) is 0 Å². The molecule has 12 rings (SSSR count). The Morgan fingerprint density at radius 2 is 1.09 bits per heavy atom. The average Bonchev–Trinajstić information content (AvgIpc) is 3.90. The number of rotatable bonds is 4. The number of nitrogens with zero attached hydrogens (tertiary/aromatic N) is 2. The van der Waals surface area contributed by atoms with Gasteiger partial charge in [0.2, 0.25) is 0 Å². The molecule has 2 atom stereocenters. The number of hydrogen-bond donors (Lipinski definition) is 0. The molecule has 2 heteroatoms. The van der Waals surface area contributed by atoms with E-state index in [2.05, 4.69) is 191 Å². The summed E-state index contributed by atoms with van der Waals surface area (Å²) in [4.78, 5) is 0. The van der Waals surface area contributed by atoms with Crippen molar-refractivity contribution >= 4 is 77.7 Å². The number of allylic oxidation sites excluding steroid dienone is 6. The van der Waals surface area contributed by atoms with Crippen molar-refractivity contribution in [3.63, 3.8) is 0 Å². The highest BCUT2D eigenvalue weighted by molar-refractivity contribution is 6.20. The van der Waals surface area contributed by atoms with E-state index >= 15 is 0 Å². The Kier molecular flexibility index (Phi) is 6.32. The molecule has 0 aliphatic heterocycles. The summed E-state index contributed by atoms with van der Waals surface area (Å²) in [6.45, 7) is 0. The van der Waals surface area contributed by atoms with Crippen molar-refractivity contribution in [2.24, 2.45) is 11.8 Å². The van der Waals surface area contributed by atoms with Crippen LogP contribution < -0.4 is 10.6 Å². The van der Waals surface area contributed by atoms with E-state index in [0.717, 1.165) is 12.3 Å². The highest BCUT2D eigenvalue weighted by Gasteiger charge is 2.35. The highest BCUT2D eigenvalue weighted by atomic mass is 15.0. The first-order valence-corrected chi connectivity index (χ1v) is 19.2. The minimum atomic E-state index is 0.684. The second kappa shape index (κ2) is 11.4. The van der Waals surface area contributed by atoms with Crippen molar-refractivity contribution in [3.05, 3.63) is 186 Å². The molecule has 54 heavy (non-hydrogen) atoms. The van der Waals surface area contributed by atoms with Crippen LogP contribution in [0.3, 0.4) is 0 Å². The molecule has 3 aliphatic carbocycles. The molecule has 9 aromatic rings. The minimum absolute atomic E-state index is 0.684. The van der Waals surface area contributed by atoms with Gasteiger partial charge in [-0.1, -0.05) is 146 Å². The van der Waals surface area contributed by atoms with E-state index in [1.807, 2.05) is 0 Å². The number of para-hydroxylation sites is 3. The molecule has 1 fully saturated rings. The summed E-state index contributed by atoms with van der Waals surface area (Å²) >= 11 is 0. The normalized spacial score (nSPS) is 17.6. The molecule has 0 spiro atoms. The number of benzene rings is 7. The number of hydrogen-bond acceptors (Lipinski definition) is 0. The zero-order valence-electron chi connectivity index (χ0n) is 29.8. The fourth-order valence-corrected chi connectivity index (χ4v) is 9.64. The third kappa shape index (κ3) is 4.34. The zero-order chi connectivity index (χ0) is 35.3. The predicted octanol–water partition coefficient (Wildman–Crippen LogP) is 11.8. The molecule has 0 N–H and O–H groups in total. The van der Waals surface area contributed by atoms with Gasteiger partial charge < -0.3 is 9.13 Å². The maximum Gasteiger partial charge on any atom is 0.0547 e. The minimum Gasteiger partial charge on any atom is -0.310 e. The first-order chi connectivity index (χ1) is 26.8. The van der Waals surface area contributed by atoms with Crippen LogP contribution in [0, 0.1) is 11.8 Å². The lowest BCUT2D eigenvalue weighted by Gasteiger charge is -2.19. The molecule has 0 saturated heterocycles. The predicted molar refractivity (Wildman–Crippen MR) is 229 cm³/mol. The van der Waals surface area contributed by atoms with Crippen LogP contribution in [-0.2, 0) is 0 Å². The second-order valence-corrected chi connectivity index (χ2v) is 15.2. The molecule has 0 radical (unpaired) electrons. The van der Waals surface area contributed by atoms with Gasteiger partial charge in [-0.2, -0.15) is 0 Å². The molecule has 7 aromatic carbocycles. The largest absolute Gasteiger partial charge is 0.310 e. The Hall–Kier alpha value is -6.64. The fourth-order valence-electron chi connectivity index (χ4n) is 9.64. The number of aromatic nitrogens is 2. The van der Waals surface area contributed by atoms with E-state index in [1.54, 1.807) is 0 Å². The third-order valence-electron chi connectivity index (χ3n) is 12.2. The van der Waals surface area contributed by atoms with Crippen LogP contribution in [-0.4, -0.2) is 9.13 Å². The summed E-state index contributed by atoms with van der Waals surface area (Å²) in [5.74, 6) is 1.42. The van der Waals surface area contributed by atoms with Gasteiger partial charge >= 0.3 is 0 Å². The molecule has 3 aliphatic rings. The smallest absolute Gasteiger partial charge is 0.0547 e. The van der Waals surface area contributed by atoms with Crippen LogP contribution in [0.4, 0.5) is 0 Å². The van der Waals surface area contributed by atoms with E-state index in [9.17, 15) is 0 Å². The van der Waals surface area contributed by atoms with Crippen LogP contribution in [0.5, 0.6) is 0 Å². The van der Waals surface area contributed by atoms with Crippen molar-refractivity contribution in [3.8, 4) is 16.8 Å². The maximum absolute atomic E-state index is 2.51. The van der Waals surface area contributed by atoms with Gasteiger partial charge in [-0.25, -0.2) is 0 Å². The van der Waals surface area contributed by atoms with Crippen LogP contribution in [0.2, 0.25) is 0 Å². The third-order valence-corrected chi connectivity index (χ3v) is 12.2. The molecule has 0 amide bonds. The summed E-state index contributed by atoms with van der Waals surface area (Å²) < 4.78 is 4.93. The van der Waals surface area contributed by atoms with Crippen molar-refractivity contribution in [2.75, 3.05) is 0 Å². The van der Waals surface area contributed by atoms with Crippen LogP contribution in [0.25, 0.3) is 94.5 Å². The first-order valence-electron chi connectivity index (χ1n) is 19.2. The highest BCUT2D eigenvalue weighted by Crippen LogP contribution is 2.46. The SMILES string of the molecule is C1=CC2CC2C=C1n1c2c(c3ccccc31)=CC=C(c1c3ccccc3c(-c3ccc4c5ccccc5n(-c5ccccc5)c4c3)c3ccccc13)CC=2. The van der Waals surface area contributed by atoms with Gasteiger partial charge in [0, 0.05) is 32.8 Å². The average molecular weight is 689 g/mol. The molecule has 2 unspecified atom stereocenters. The van der Waals surface area contributed by atoms with Crippen molar-refractivity contribution in [1.29, 1.82) is 0 Å². The van der Waals surface area contributed by atoms with E-state index in [4.69, 9.17) is 0 Å². The lowest BCUT2D eigenvalue weighted by molar-refractivity contribution is 0.957. The Bertz CT molecular complexity index is 3220. The lowest BCUT2D eigenvalue weighted by Crippen LogP contribution is -2.28. The van der Waals surface area contributed by atoms with Gasteiger partial charge in [-0.05, 0) is 105 Å². The topological polar surface area (TPSA) is 9.86 Å². The summed E-state index contributed by atoms with van der Waals surface area (Å²) in [5.41, 5.74) is 11.4. The summed E-state index contributed by atoms with van der Waals surface area (Å²) in [6, 6.07) is 53.7. The van der Waals surface area contributed by atoms with Gasteiger partial charge in [0.25, 0.3) is 0 Å². The Morgan fingerprint density at radius 1 is 0.481 bits per heavy atom. The molecule has 2 heterocycles. The molecule has 1 saturated carbocycles. The van der Waals surface area contributed by atoms with Crippen LogP contribution >= 0.6 is 0 Å².